The minimum atomic E-state index is -0.351. The lowest BCUT2D eigenvalue weighted by atomic mass is 10.1. The first kappa shape index (κ1) is 20.0. The van der Waals surface area contributed by atoms with Crippen molar-refractivity contribution in [1.29, 1.82) is 0 Å². The summed E-state index contributed by atoms with van der Waals surface area (Å²) in [6.45, 7) is 3.25. The summed E-state index contributed by atoms with van der Waals surface area (Å²) in [5.41, 5.74) is 2.32. The number of hydrogen-bond donors (Lipinski definition) is 1. The van der Waals surface area contributed by atoms with Gasteiger partial charge in [-0.25, -0.2) is 9.37 Å². The second kappa shape index (κ2) is 9.04. The van der Waals surface area contributed by atoms with Crippen molar-refractivity contribution >= 4 is 5.91 Å². The van der Waals surface area contributed by atoms with Crippen LogP contribution >= 0.6 is 0 Å². The van der Waals surface area contributed by atoms with Crippen molar-refractivity contribution in [2.24, 2.45) is 0 Å². The molecule has 4 rings (SSSR count). The summed E-state index contributed by atoms with van der Waals surface area (Å²) in [5, 5.41) is 7.02. The second-order valence-electron chi connectivity index (χ2n) is 7.11. The van der Waals surface area contributed by atoms with Crippen LogP contribution in [0.2, 0.25) is 0 Å². The van der Waals surface area contributed by atoms with E-state index in [0.29, 0.717) is 47.2 Å². The van der Waals surface area contributed by atoms with Crippen molar-refractivity contribution in [3.63, 3.8) is 0 Å². The molecule has 1 aromatic carbocycles. The summed E-state index contributed by atoms with van der Waals surface area (Å²) in [6, 6.07) is 9.58. The normalized spacial score (nSPS) is 14.5. The van der Waals surface area contributed by atoms with E-state index in [2.05, 4.69) is 15.5 Å². The summed E-state index contributed by atoms with van der Waals surface area (Å²) >= 11 is 0. The molecule has 2 aromatic heterocycles. The minimum absolute atomic E-state index is 0.125. The van der Waals surface area contributed by atoms with Crippen molar-refractivity contribution in [2.75, 3.05) is 13.2 Å². The van der Waals surface area contributed by atoms with Crippen LogP contribution in [0.4, 0.5) is 4.39 Å². The standard InChI is InChI=1S/C22H22FN3O4/c1-14-19(21(26-30-14)15-3-2-4-17(23)11-15)13-29-20-6-5-16(12-24-20)22(27)25-18-7-9-28-10-8-18/h2-6,11-12,18H,7-10,13H2,1H3,(H,25,27). The van der Waals surface area contributed by atoms with Crippen LogP contribution in [-0.2, 0) is 11.3 Å². The maximum absolute atomic E-state index is 13.6. The number of nitrogens with zero attached hydrogens (tertiary/aromatic N) is 2. The Labute approximate surface area is 173 Å². The Kier molecular flexibility index (Phi) is 6.04. The number of aryl methyl sites for hydroxylation is 1. The van der Waals surface area contributed by atoms with Crippen molar-refractivity contribution < 1.29 is 23.2 Å². The number of aromatic nitrogens is 2. The average Bonchev–Trinajstić information content (AvgIpc) is 3.13. The molecule has 30 heavy (non-hydrogen) atoms. The molecule has 0 spiro atoms. The van der Waals surface area contributed by atoms with Gasteiger partial charge in [-0.05, 0) is 38.0 Å². The fraction of sp³-hybridized carbons (Fsp3) is 0.318. The highest BCUT2D eigenvalue weighted by Crippen LogP contribution is 2.26. The molecule has 0 bridgehead atoms. The van der Waals surface area contributed by atoms with Gasteiger partial charge in [0.1, 0.15) is 23.9 Å². The molecule has 1 aliphatic heterocycles. The lowest BCUT2D eigenvalue weighted by Gasteiger charge is -2.23. The fourth-order valence-corrected chi connectivity index (χ4v) is 3.28. The Balaban J connectivity index is 1.40. The predicted molar refractivity (Wildman–Crippen MR) is 107 cm³/mol. The third kappa shape index (κ3) is 4.65. The number of halogens is 1. The van der Waals surface area contributed by atoms with Crippen LogP contribution < -0.4 is 10.1 Å². The molecule has 1 saturated heterocycles. The van der Waals surface area contributed by atoms with Crippen molar-refractivity contribution in [3.8, 4) is 17.1 Å². The topological polar surface area (TPSA) is 86.5 Å². The average molecular weight is 411 g/mol. The van der Waals surface area contributed by atoms with Gasteiger partial charge in [-0.3, -0.25) is 4.79 Å². The quantitative estimate of drug-likeness (QED) is 0.666. The fourth-order valence-electron chi connectivity index (χ4n) is 3.28. The molecule has 3 aromatic rings. The molecular formula is C22H22FN3O4. The maximum atomic E-state index is 13.6. The minimum Gasteiger partial charge on any atom is -0.473 e. The van der Waals surface area contributed by atoms with Gasteiger partial charge in [0.15, 0.2) is 0 Å². The molecule has 0 atom stereocenters. The van der Waals surface area contributed by atoms with Crippen molar-refractivity contribution in [1.82, 2.24) is 15.5 Å². The molecular weight excluding hydrogens is 389 g/mol. The molecule has 0 radical (unpaired) electrons. The van der Waals surface area contributed by atoms with Crippen LogP contribution in [0.15, 0.2) is 47.1 Å². The summed E-state index contributed by atoms with van der Waals surface area (Å²) in [5.74, 6) is 0.436. The Bertz CT molecular complexity index is 1010. The highest BCUT2D eigenvalue weighted by molar-refractivity contribution is 5.94. The number of rotatable bonds is 6. The molecule has 0 saturated carbocycles. The van der Waals surface area contributed by atoms with Gasteiger partial charge in [0.25, 0.3) is 5.91 Å². The van der Waals surface area contributed by atoms with Crippen molar-refractivity contribution in [2.45, 2.75) is 32.4 Å². The first-order chi connectivity index (χ1) is 14.6. The lowest BCUT2D eigenvalue weighted by Crippen LogP contribution is -2.38. The van der Waals surface area contributed by atoms with Gasteiger partial charge in [-0.1, -0.05) is 17.3 Å². The van der Waals surface area contributed by atoms with E-state index in [1.807, 2.05) is 0 Å². The molecule has 3 heterocycles. The van der Waals surface area contributed by atoms with Gasteiger partial charge in [0.05, 0.1) is 11.1 Å². The molecule has 1 fully saturated rings. The first-order valence-corrected chi connectivity index (χ1v) is 9.78. The van der Waals surface area contributed by atoms with Crippen LogP contribution in [0.1, 0.15) is 34.5 Å². The van der Waals surface area contributed by atoms with Gasteiger partial charge in [0.2, 0.25) is 5.88 Å². The Morgan fingerprint density at radius 2 is 2.10 bits per heavy atom. The van der Waals surface area contributed by atoms with Crippen LogP contribution in [0.3, 0.4) is 0 Å². The Morgan fingerprint density at radius 3 is 2.83 bits per heavy atom. The van der Waals surface area contributed by atoms with E-state index < -0.39 is 0 Å². The van der Waals surface area contributed by atoms with E-state index in [9.17, 15) is 9.18 Å². The molecule has 0 unspecified atom stereocenters. The smallest absolute Gasteiger partial charge is 0.253 e. The van der Waals surface area contributed by atoms with Crippen molar-refractivity contribution in [3.05, 3.63) is 65.3 Å². The number of carbonyl (C=O) groups excluding carboxylic acids is 1. The first-order valence-electron chi connectivity index (χ1n) is 9.78. The maximum Gasteiger partial charge on any atom is 0.253 e. The molecule has 1 N–H and O–H groups in total. The van der Waals surface area contributed by atoms with E-state index in [1.165, 1.54) is 18.3 Å². The van der Waals surface area contributed by atoms with Crippen LogP contribution in [0, 0.1) is 12.7 Å². The lowest BCUT2D eigenvalue weighted by molar-refractivity contribution is 0.0696. The van der Waals surface area contributed by atoms with Gasteiger partial charge in [-0.2, -0.15) is 0 Å². The molecule has 1 aliphatic rings. The second-order valence-corrected chi connectivity index (χ2v) is 7.11. The Hall–Kier alpha value is -3.26. The molecule has 8 heteroatoms. The van der Waals surface area contributed by atoms with Gasteiger partial charge < -0.3 is 19.3 Å². The largest absolute Gasteiger partial charge is 0.473 e. The number of hydrogen-bond acceptors (Lipinski definition) is 6. The SMILES string of the molecule is Cc1onc(-c2cccc(F)c2)c1COc1ccc(C(=O)NC2CCOCC2)cn1. The van der Waals surface area contributed by atoms with E-state index in [-0.39, 0.29) is 24.4 Å². The molecule has 1 amide bonds. The van der Waals surface area contributed by atoms with E-state index >= 15 is 0 Å². The van der Waals surface area contributed by atoms with E-state index in [0.717, 1.165) is 12.8 Å². The van der Waals surface area contributed by atoms with Crippen LogP contribution in [-0.4, -0.2) is 35.3 Å². The zero-order valence-corrected chi connectivity index (χ0v) is 16.6. The third-order valence-corrected chi connectivity index (χ3v) is 5.00. The molecule has 156 valence electrons. The van der Waals surface area contributed by atoms with Gasteiger partial charge in [0, 0.05) is 37.1 Å². The Morgan fingerprint density at radius 1 is 1.27 bits per heavy atom. The summed E-state index contributed by atoms with van der Waals surface area (Å²) in [4.78, 5) is 16.6. The predicted octanol–water partition coefficient (Wildman–Crippen LogP) is 3.67. The zero-order valence-electron chi connectivity index (χ0n) is 16.6. The van der Waals surface area contributed by atoms with E-state index in [1.54, 1.807) is 31.2 Å². The number of pyridine rings is 1. The summed E-state index contributed by atoms with van der Waals surface area (Å²) in [6.07, 6.45) is 3.11. The summed E-state index contributed by atoms with van der Waals surface area (Å²) in [7, 11) is 0. The molecule has 7 nitrogen and oxygen atoms in total. The third-order valence-electron chi connectivity index (χ3n) is 5.00. The van der Waals surface area contributed by atoms with Gasteiger partial charge in [-0.15, -0.1) is 0 Å². The number of nitrogens with one attached hydrogen (secondary N) is 1. The number of amides is 1. The number of ether oxygens (including phenoxy) is 2. The van der Waals surface area contributed by atoms with Gasteiger partial charge >= 0.3 is 0 Å². The molecule has 0 aliphatic carbocycles. The zero-order chi connectivity index (χ0) is 20.9. The number of benzene rings is 1. The highest BCUT2D eigenvalue weighted by Gasteiger charge is 2.18. The highest BCUT2D eigenvalue weighted by atomic mass is 19.1. The van der Waals surface area contributed by atoms with Crippen LogP contribution in [0.5, 0.6) is 5.88 Å². The number of carbonyl (C=O) groups is 1. The monoisotopic (exact) mass is 411 g/mol. The van der Waals surface area contributed by atoms with Crippen LogP contribution in [0.25, 0.3) is 11.3 Å². The van der Waals surface area contributed by atoms with E-state index in [4.69, 9.17) is 14.0 Å². The summed E-state index contributed by atoms with van der Waals surface area (Å²) < 4.78 is 29.9.